The number of rotatable bonds is 8. The molecule has 1 N–H and O–H groups in total. The van der Waals surface area contributed by atoms with Gasteiger partial charge in [-0.25, -0.2) is 9.69 Å². The maximum Gasteiger partial charge on any atom is 0.333 e. The molecule has 0 bridgehead atoms. The number of carbonyl (C=O) groups is 3. The molecule has 4 amide bonds. The maximum absolute atomic E-state index is 12.8. The van der Waals surface area contributed by atoms with Crippen LogP contribution in [-0.4, -0.2) is 78.8 Å². The second-order valence-corrected chi connectivity index (χ2v) is 29.6. The first kappa shape index (κ1) is 33.3. The lowest BCUT2D eigenvalue weighted by molar-refractivity contribution is -0.149. The average Bonchev–Trinajstić information content (AvgIpc) is 3.12. The van der Waals surface area contributed by atoms with E-state index in [1.807, 2.05) is 0 Å². The molecule has 0 aliphatic carbocycles. The van der Waals surface area contributed by atoms with Gasteiger partial charge in [0.1, 0.15) is 18.3 Å². The van der Waals surface area contributed by atoms with Gasteiger partial charge >= 0.3 is 17.8 Å². The molecule has 12 heteroatoms. The predicted octanol–water partition coefficient (Wildman–Crippen LogP) is 5.59. The molecule has 220 valence electrons. The maximum atomic E-state index is 12.8. The van der Waals surface area contributed by atoms with Crippen LogP contribution in [0.25, 0.3) is 0 Å². The summed E-state index contributed by atoms with van der Waals surface area (Å²) >= 11 is 0. The van der Waals surface area contributed by atoms with E-state index >= 15 is 0 Å². The molecule has 0 aromatic carbocycles. The van der Waals surface area contributed by atoms with E-state index < -0.39 is 67.3 Å². The molecule has 9 nitrogen and oxygen atoms in total. The summed E-state index contributed by atoms with van der Waals surface area (Å²) in [5.74, 6) is -1.91. The highest BCUT2D eigenvalue weighted by atomic mass is 28.4. The third-order valence-corrected chi connectivity index (χ3v) is 22.7. The Morgan fingerprint density at radius 3 is 1.53 bits per heavy atom. The van der Waals surface area contributed by atoms with E-state index in [4.69, 9.17) is 18.0 Å². The predicted molar refractivity (Wildman–Crippen MR) is 156 cm³/mol. The molecule has 2 fully saturated rings. The Bertz CT molecular complexity index is 933. The fourth-order valence-corrected chi connectivity index (χ4v) is 7.12. The Hall–Kier alpha value is -0.899. The minimum absolute atomic E-state index is 0.0188. The van der Waals surface area contributed by atoms with Crippen molar-refractivity contribution in [3.8, 4) is 0 Å². The monoisotopic (exact) mass is 588 g/mol. The molecule has 0 saturated carbocycles. The standard InChI is InChI=1S/C26H52N2O7Si3/c1-24(2,3)36(10,11)32-16-17-18(34-37(12,13)25(4,5)6)19(35-38(14,15)26(7,8)9)22(33-17)28-21(30)20(29)27-23(28)31/h17-19,22H,16H2,1-15H3,(H,27,29,31)/t17-,18-,19-,22-/m1/s1. The van der Waals surface area contributed by atoms with Gasteiger partial charge in [0.2, 0.25) is 0 Å². The molecule has 0 radical (unpaired) electrons. The molecule has 2 aliphatic rings. The molecule has 0 aromatic rings. The molecular formula is C26H52N2O7Si3. The van der Waals surface area contributed by atoms with Crippen molar-refractivity contribution in [3.63, 3.8) is 0 Å². The molecule has 0 unspecified atom stereocenters. The molecule has 0 aromatic heterocycles. The zero-order chi connectivity index (χ0) is 29.9. The number of imide groups is 2. The van der Waals surface area contributed by atoms with Gasteiger partial charge in [0.05, 0.1) is 6.61 Å². The van der Waals surface area contributed by atoms with Crippen LogP contribution in [-0.2, 0) is 27.6 Å². The summed E-state index contributed by atoms with van der Waals surface area (Å²) < 4.78 is 26.9. The van der Waals surface area contributed by atoms with E-state index in [1.165, 1.54) is 0 Å². The lowest BCUT2D eigenvalue weighted by Gasteiger charge is -2.44. The first-order chi connectivity index (χ1) is 16.7. The van der Waals surface area contributed by atoms with E-state index in [1.54, 1.807) is 0 Å². The van der Waals surface area contributed by atoms with Crippen LogP contribution >= 0.6 is 0 Å². The summed E-state index contributed by atoms with van der Waals surface area (Å²) in [5.41, 5.74) is 0. The fraction of sp³-hybridized carbons (Fsp3) is 0.885. The fourth-order valence-electron chi connectivity index (χ4n) is 3.50. The van der Waals surface area contributed by atoms with Gasteiger partial charge in [-0.15, -0.1) is 0 Å². The van der Waals surface area contributed by atoms with Gasteiger partial charge in [-0.05, 0) is 54.4 Å². The number of nitrogens with zero attached hydrogens (tertiary/aromatic N) is 1. The minimum Gasteiger partial charge on any atom is -0.414 e. The SMILES string of the molecule is CC(C)(C)[Si](C)(C)OC[C@H]1O[C@@H](N2C(=O)NC(=O)C2=O)[C@H](O[Si](C)(C)C(C)(C)C)[C@@H]1O[Si](C)(C)C(C)(C)C. The first-order valence-corrected chi connectivity index (χ1v) is 22.3. The molecule has 2 aliphatic heterocycles. The van der Waals surface area contributed by atoms with E-state index in [0.717, 1.165) is 4.90 Å². The van der Waals surface area contributed by atoms with Crippen LogP contribution in [0, 0.1) is 0 Å². The number of nitrogens with one attached hydrogen (secondary N) is 1. The first-order valence-electron chi connectivity index (χ1n) is 13.6. The molecule has 2 rings (SSSR count). The van der Waals surface area contributed by atoms with Crippen LogP contribution in [0.3, 0.4) is 0 Å². The molecule has 38 heavy (non-hydrogen) atoms. The van der Waals surface area contributed by atoms with Gasteiger partial charge < -0.3 is 18.0 Å². The lowest BCUT2D eigenvalue weighted by atomic mass is 10.1. The van der Waals surface area contributed by atoms with Crippen LogP contribution in [0.4, 0.5) is 4.79 Å². The van der Waals surface area contributed by atoms with Gasteiger partial charge in [-0.3, -0.25) is 14.9 Å². The van der Waals surface area contributed by atoms with Crippen LogP contribution in [0.1, 0.15) is 62.3 Å². The smallest absolute Gasteiger partial charge is 0.333 e. The quantitative estimate of drug-likeness (QED) is 0.224. The van der Waals surface area contributed by atoms with Crippen molar-refractivity contribution < 1.29 is 32.4 Å². The van der Waals surface area contributed by atoms with Gasteiger partial charge in [0.25, 0.3) is 0 Å². The number of hydrogen-bond donors (Lipinski definition) is 1. The Morgan fingerprint density at radius 2 is 1.16 bits per heavy atom. The third-order valence-electron chi connectivity index (χ3n) is 9.28. The van der Waals surface area contributed by atoms with Gasteiger partial charge in [0.15, 0.2) is 31.2 Å². The number of carbonyl (C=O) groups excluding carboxylic acids is 3. The number of ether oxygens (including phenoxy) is 1. The highest BCUT2D eigenvalue weighted by Crippen LogP contribution is 2.45. The normalized spacial score (nSPS) is 26.4. The topological polar surface area (TPSA) is 103 Å². The van der Waals surface area contributed by atoms with Crippen molar-refractivity contribution in [3.05, 3.63) is 0 Å². The van der Waals surface area contributed by atoms with E-state index in [0.29, 0.717) is 0 Å². The molecular weight excluding hydrogens is 537 g/mol. The second kappa shape index (κ2) is 10.5. The Kier molecular flexibility index (Phi) is 9.20. The summed E-state index contributed by atoms with van der Waals surface area (Å²) in [7, 11) is -6.96. The summed E-state index contributed by atoms with van der Waals surface area (Å²) in [5, 5.41) is 1.83. The summed E-state index contributed by atoms with van der Waals surface area (Å²) in [4.78, 5) is 38.6. The number of hydrogen-bond acceptors (Lipinski definition) is 7. The summed E-state index contributed by atoms with van der Waals surface area (Å²) in [6.45, 7) is 32.5. The van der Waals surface area contributed by atoms with Gasteiger partial charge in [-0.2, -0.15) is 0 Å². The average molecular weight is 589 g/mol. The van der Waals surface area contributed by atoms with E-state index in [-0.39, 0.29) is 21.7 Å². The van der Waals surface area contributed by atoms with Crippen LogP contribution in [0.5, 0.6) is 0 Å². The zero-order valence-electron chi connectivity index (χ0n) is 26.3. The van der Waals surface area contributed by atoms with Crippen LogP contribution in [0.2, 0.25) is 54.4 Å². The largest absolute Gasteiger partial charge is 0.414 e. The minimum atomic E-state index is -2.44. The zero-order valence-corrected chi connectivity index (χ0v) is 29.3. The third kappa shape index (κ3) is 6.69. The van der Waals surface area contributed by atoms with Crippen molar-refractivity contribution in [1.29, 1.82) is 0 Å². The van der Waals surface area contributed by atoms with Crippen molar-refractivity contribution in [2.45, 2.75) is 141 Å². The molecule has 0 spiro atoms. The van der Waals surface area contributed by atoms with Crippen molar-refractivity contribution in [2.75, 3.05) is 6.61 Å². The Balaban J connectivity index is 2.61. The number of urea groups is 1. The molecule has 4 atom stereocenters. The highest BCUT2D eigenvalue weighted by Gasteiger charge is 2.59. The Morgan fingerprint density at radius 1 is 0.737 bits per heavy atom. The van der Waals surface area contributed by atoms with Gasteiger partial charge in [0, 0.05) is 0 Å². The number of amides is 4. The molecule has 2 heterocycles. The second-order valence-electron chi connectivity index (χ2n) is 15.3. The summed E-state index contributed by atoms with van der Waals surface area (Å²) in [6, 6.07) is -0.800. The lowest BCUT2D eigenvalue weighted by Crippen LogP contribution is -2.57. The van der Waals surface area contributed by atoms with Crippen LogP contribution < -0.4 is 5.32 Å². The van der Waals surface area contributed by atoms with Crippen molar-refractivity contribution >= 4 is 42.8 Å². The van der Waals surface area contributed by atoms with E-state index in [2.05, 4.69) is 107 Å². The van der Waals surface area contributed by atoms with Gasteiger partial charge in [-0.1, -0.05) is 62.3 Å². The Labute approximate surface area is 233 Å². The highest BCUT2D eigenvalue weighted by molar-refractivity contribution is 6.75. The van der Waals surface area contributed by atoms with E-state index in [9.17, 15) is 14.4 Å². The molecule has 2 saturated heterocycles. The van der Waals surface area contributed by atoms with Crippen molar-refractivity contribution in [2.24, 2.45) is 0 Å². The van der Waals surface area contributed by atoms with Crippen molar-refractivity contribution in [1.82, 2.24) is 10.2 Å². The van der Waals surface area contributed by atoms with Crippen LogP contribution in [0.15, 0.2) is 0 Å². The summed E-state index contributed by atoms with van der Waals surface area (Å²) in [6.07, 6.45) is -3.05.